The topological polar surface area (TPSA) is 111 Å². The van der Waals surface area contributed by atoms with Crippen molar-refractivity contribution in [1.82, 2.24) is 25.1 Å². The number of benzene rings is 1. The van der Waals surface area contributed by atoms with Crippen molar-refractivity contribution in [3.05, 3.63) is 42.6 Å². The first-order chi connectivity index (χ1) is 15.1. The number of carbonyl (C=O) groups excluding carboxylic acids is 1. The summed E-state index contributed by atoms with van der Waals surface area (Å²) in [7, 11) is 2.11. The van der Waals surface area contributed by atoms with Gasteiger partial charge in [0, 0.05) is 56.5 Å². The van der Waals surface area contributed by atoms with Gasteiger partial charge in [-0.15, -0.1) is 0 Å². The van der Waals surface area contributed by atoms with E-state index < -0.39 is 0 Å². The Labute approximate surface area is 180 Å². The minimum absolute atomic E-state index is 0.0588. The molecule has 3 N–H and O–H groups in total. The number of anilines is 4. The molecule has 0 aliphatic carbocycles. The van der Waals surface area contributed by atoms with Crippen LogP contribution < -0.4 is 20.3 Å². The zero-order valence-corrected chi connectivity index (χ0v) is 17.6. The molecule has 1 fully saturated rings. The molecule has 10 nitrogen and oxygen atoms in total. The highest BCUT2D eigenvalue weighted by Gasteiger charge is 2.18. The fourth-order valence-corrected chi connectivity index (χ4v) is 3.18. The molecule has 10 heteroatoms. The maximum Gasteiger partial charge on any atom is 0.325 e. The molecule has 0 atom stereocenters. The molecule has 3 aromatic rings. The highest BCUT2D eigenvalue weighted by Crippen LogP contribution is 2.27. The molecule has 0 spiro atoms. The van der Waals surface area contributed by atoms with Gasteiger partial charge in [0.25, 0.3) is 0 Å². The van der Waals surface area contributed by atoms with Crippen LogP contribution in [-0.2, 0) is 4.79 Å². The van der Waals surface area contributed by atoms with Crippen LogP contribution in [0.15, 0.2) is 42.6 Å². The number of H-pyrrole nitrogens is 1. The molecule has 0 bridgehead atoms. The van der Waals surface area contributed by atoms with E-state index in [0.29, 0.717) is 23.7 Å². The van der Waals surface area contributed by atoms with E-state index in [2.05, 4.69) is 47.6 Å². The molecule has 1 aliphatic rings. The van der Waals surface area contributed by atoms with E-state index >= 15 is 0 Å². The molecule has 31 heavy (non-hydrogen) atoms. The molecule has 0 radical (unpaired) electrons. The van der Waals surface area contributed by atoms with E-state index in [-0.39, 0.29) is 11.9 Å². The standard InChI is InChI=1S/C21H26N8O2/c1-3-20(30)23-15-5-4-6-16(13-15)31-21-25-18(24-17-7-8-22-27-17)14-19(26-21)29-11-9-28(2)10-12-29/h4-8,13-14H,3,9-12H2,1-2H3,(H,23,30)(H2,22,24,25,26,27). The van der Waals surface area contributed by atoms with E-state index in [9.17, 15) is 4.79 Å². The molecule has 1 amide bonds. The molecular weight excluding hydrogens is 396 g/mol. The summed E-state index contributed by atoms with van der Waals surface area (Å²) in [5.41, 5.74) is 0.662. The zero-order valence-electron chi connectivity index (χ0n) is 17.6. The van der Waals surface area contributed by atoms with Crippen molar-refractivity contribution < 1.29 is 9.53 Å². The molecule has 2 aromatic heterocycles. The van der Waals surface area contributed by atoms with Gasteiger partial charge in [0.2, 0.25) is 5.91 Å². The van der Waals surface area contributed by atoms with Crippen molar-refractivity contribution in [2.45, 2.75) is 13.3 Å². The van der Waals surface area contributed by atoms with Crippen LogP contribution in [0, 0.1) is 0 Å². The summed E-state index contributed by atoms with van der Waals surface area (Å²) in [6.07, 6.45) is 2.07. The van der Waals surface area contributed by atoms with Crippen LogP contribution in [-0.4, -0.2) is 64.2 Å². The first-order valence-electron chi connectivity index (χ1n) is 10.3. The second-order valence-corrected chi connectivity index (χ2v) is 7.31. The summed E-state index contributed by atoms with van der Waals surface area (Å²) in [5.74, 6) is 2.58. The largest absolute Gasteiger partial charge is 0.424 e. The van der Waals surface area contributed by atoms with Crippen LogP contribution in [0.3, 0.4) is 0 Å². The summed E-state index contributed by atoms with van der Waals surface area (Å²) >= 11 is 0. The average Bonchev–Trinajstić information content (AvgIpc) is 3.27. The van der Waals surface area contributed by atoms with Gasteiger partial charge in [0.05, 0.1) is 6.20 Å². The number of piperazine rings is 1. The van der Waals surface area contributed by atoms with Crippen LogP contribution in [0.1, 0.15) is 13.3 Å². The smallest absolute Gasteiger partial charge is 0.325 e. The van der Waals surface area contributed by atoms with Crippen LogP contribution >= 0.6 is 0 Å². The maximum absolute atomic E-state index is 11.7. The second kappa shape index (κ2) is 9.43. The third-order valence-corrected chi connectivity index (χ3v) is 4.93. The number of hydrogen-bond acceptors (Lipinski definition) is 8. The third-order valence-electron chi connectivity index (χ3n) is 4.93. The van der Waals surface area contributed by atoms with Gasteiger partial charge >= 0.3 is 6.01 Å². The van der Waals surface area contributed by atoms with Gasteiger partial charge < -0.3 is 25.2 Å². The number of amides is 1. The maximum atomic E-state index is 11.7. The molecule has 4 rings (SSSR count). The Hall–Kier alpha value is -3.66. The van der Waals surface area contributed by atoms with Gasteiger partial charge in [0.1, 0.15) is 23.2 Å². The molecule has 0 saturated carbocycles. The Morgan fingerprint density at radius 2 is 2.00 bits per heavy atom. The number of aromatic nitrogens is 4. The molecule has 3 heterocycles. The number of nitrogens with one attached hydrogen (secondary N) is 3. The molecule has 1 saturated heterocycles. The summed E-state index contributed by atoms with van der Waals surface area (Å²) in [4.78, 5) is 25.3. The summed E-state index contributed by atoms with van der Waals surface area (Å²) in [6.45, 7) is 5.47. The van der Waals surface area contributed by atoms with E-state index in [1.54, 1.807) is 18.3 Å². The lowest BCUT2D eigenvalue weighted by Crippen LogP contribution is -2.44. The van der Waals surface area contributed by atoms with Gasteiger partial charge in [0.15, 0.2) is 0 Å². The van der Waals surface area contributed by atoms with Crippen LogP contribution in [0.4, 0.5) is 23.1 Å². The van der Waals surface area contributed by atoms with Gasteiger partial charge in [-0.1, -0.05) is 13.0 Å². The normalized spacial score (nSPS) is 14.3. The Morgan fingerprint density at radius 3 is 2.74 bits per heavy atom. The number of ether oxygens (including phenoxy) is 1. The van der Waals surface area contributed by atoms with Crippen LogP contribution in [0.2, 0.25) is 0 Å². The second-order valence-electron chi connectivity index (χ2n) is 7.31. The van der Waals surface area contributed by atoms with Crippen LogP contribution in [0.25, 0.3) is 0 Å². The van der Waals surface area contributed by atoms with Crippen molar-refractivity contribution in [2.24, 2.45) is 0 Å². The van der Waals surface area contributed by atoms with Gasteiger partial charge in [-0.2, -0.15) is 15.1 Å². The fourth-order valence-electron chi connectivity index (χ4n) is 3.18. The van der Waals surface area contributed by atoms with Crippen molar-refractivity contribution in [1.29, 1.82) is 0 Å². The lowest BCUT2D eigenvalue weighted by atomic mass is 10.3. The quantitative estimate of drug-likeness (QED) is 0.533. The number of nitrogens with zero attached hydrogens (tertiary/aromatic N) is 5. The minimum atomic E-state index is -0.0588. The number of rotatable bonds is 7. The van der Waals surface area contributed by atoms with Crippen molar-refractivity contribution in [3.63, 3.8) is 0 Å². The predicted octanol–water partition coefficient (Wildman–Crippen LogP) is 2.84. The monoisotopic (exact) mass is 422 g/mol. The van der Waals surface area contributed by atoms with Gasteiger partial charge in [-0.3, -0.25) is 9.89 Å². The summed E-state index contributed by atoms with van der Waals surface area (Å²) in [5, 5.41) is 12.9. The Kier molecular flexibility index (Phi) is 6.27. The van der Waals surface area contributed by atoms with E-state index in [1.165, 1.54) is 0 Å². The zero-order chi connectivity index (χ0) is 21.6. The SMILES string of the molecule is CCC(=O)Nc1cccc(Oc2nc(Nc3ccn[nH]3)cc(N3CCN(C)CC3)n2)c1. The first kappa shape index (κ1) is 20.6. The highest BCUT2D eigenvalue weighted by atomic mass is 16.5. The van der Waals surface area contributed by atoms with E-state index in [1.807, 2.05) is 31.2 Å². The number of likely N-dealkylation sites (N-methyl/N-ethyl adjacent to an activating group) is 1. The summed E-state index contributed by atoms with van der Waals surface area (Å²) < 4.78 is 5.97. The molecular formula is C21H26N8O2. The molecule has 0 unspecified atom stereocenters. The molecule has 162 valence electrons. The van der Waals surface area contributed by atoms with E-state index in [0.717, 1.165) is 37.8 Å². The van der Waals surface area contributed by atoms with Crippen molar-refractivity contribution in [2.75, 3.05) is 48.8 Å². The summed E-state index contributed by atoms with van der Waals surface area (Å²) in [6, 6.07) is 11.1. The number of hydrogen-bond donors (Lipinski definition) is 3. The third kappa shape index (κ3) is 5.48. The predicted molar refractivity (Wildman–Crippen MR) is 119 cm³/mol. The number of aromatic amines is 1. The fraction of sp³-hybridized carbons (Fsp3) is 0.333. The average molecular weight is 422 g/mol. The Balaban J connectivity index is 1.59. The number of carbonyl (C=O) groups is 1. The molecule has 1 aliphatic heterocycles. The minimum Gasteiger partial charge on any atom is -0.424 e. The Bertz CT molecular complexity index is 1020. The van der Waals surface area contributed by atoms with Gasteiger partial charge in [-0.25, -0.2) is 0 Å². The van der Waals surface area contributed by atoms with Crippen molar-refractivity contribution >= 4 is 29.0 Å². The van der Waals surface area contributed by atoms with E-state index in [4.69, 9.17) is 4.74 Å². The lowest BCUT2D eigenvalue weighted by Gasteiger charge is -2.33. The highest BCUT2D eigenvalue weighted by molar-refractivity contribution is 5.90. The first-order valence-corrected chi connectivity index (χ1v) is 10.3. The van der Waals surface area contributed by atoms with Crippen molar-refractivity contribution in [3.8, 4) is 11.8 Å². The lowest BCUT2D eigenvalue weighted by molar-refractivity contribution is -0.115. The van der Waals surface area contributed by atoms with Crippen LogP contribution in [0.5, 0.6) is 11.8 Å². The van der Waals surface area contributed by atoms with Gasteiger partial charge in [-0.05, 0) is 19.2 Å². The Morgan fingerprint density at radius 1 is 1.16 bits per heavy atom. The molecule has 1 aromatic carbocycles.